The topological polar surface area (TPSA) is 242 Å². The van der Waals surface area contributed by atoms with Crippen LogP contribution in [-0.2, 0) is 37.4 Å². The molecule has 0 aromatic rings. The summed E-state index contributed by atoms with van der Waals surface area (Å²) in [5.74, 6) is -6.40. The molecule has 19 heteroatoms. The molecule has 0 aliphatic carbocycles. The van der Waals surface area contributed by atoms with Crippen LogP contribution < -0.4 is 0 Å². The van der Waals surface area contributed by atoms with Gasteiger partial charge in [-0.05, 0) is 0 Å². The average molecular weight is 780 g/mol. The maximum Gasteiger partial charge on any atom is 0.470 e. The Balaban J connectivity index is -0.0000000952. The van der Waals surface area contributed by atoms with Gasteiger partial charge in [-0.1, -0.05) is 0 Å². The molecule has 0 amide bonds. The zero-order chi connectivity index (χ0) is 18.1. The van der Waals surface area contributed by atoms with Crippen LogP contribution in [0.5, 0.6) is 0 Å². The fraction of sp³-hybridized carbons (Fsp3) is 0.333. The molecule has 0 aliphatic rings. The Labute approximate surface area is 260 Å². The summed E-state index contributed by atoms with van der Waals surface area (Å²) in [4.78, 5) is 71.7. The van der Waals surface area contributed by atoms with Crippen molar-refractivity contribution in [3.63, 3.8) is 0 Å². The number of Topliss-reactive ketones (excluding diaryl/α,β-unsaturated/α-hetero) is 2. The number of carboxylic acids is 2. The van der Waals surface area contributed by atoms with E-state index in [1.807, 2.05) is 0 Å². The van der Waals surface area contributed by atoms with Gasteiger partial charge in [-0.2, -0.15) is 0 Å². The molecular weight excluding hydrogens is 770 g/mol. The molecule has 6 N–H and O–H groups in total. The Morgan fingerprint density at radius 2 is 0.840 bits per heavy atom. The summed E-state index contributed by atoms with van der Waals surface area (Å²) in [5.41, 5.74) is 0. The molecule has 0 aromatic carbocycles. The number of carbonyl (C=O) groups excluding carboxylic acids is 2. The van der Waals surface area contributed by atoms with Crippen LogP contribution in [0.3, 0.4) is 0 Å². The Bertz CT molecular complexity index is 489. The van der Waals surface area contributed by atoms with Crippen molar-refractivity contribution < 1.29 is 67.1 Å². The SMILES string of the molecule is O=C(O)C(=O)COP(=O)(O)O.O=C(O)C(=O)COP(=O)(O)O.[Ba].[Ba].[Ba]. The van der Waals surface area contributed by atoms with Gasteiger partial charge < -0.3 is 29.8 Å². The minimum absolute atomic E-state index is 0. The number of carbonyl (C=O) groups is 4. The Hall–Kier alpha value is 3.21. The normalized spacial score (nSPS) is 9.76. The summed E-state index contributed by atoms with van der Waals surface area (Å²) in [7, 11) is -9.49. The largest absolute Gasteiger partial charge is 0.475 e. The van der Waals surface area contributed by atoms with Crippen LogP contribution in [0, 0.1) is 0 Å². The molecule has 0 bridgehead atoms. The van der Waals surface area contributed by atoms with E-state index < -0.39 is 52.4 Å². The second kappa shape index (κ2) is 19.2. The maximum absolute atomic E-state index is 10.1. The first-order valence-corrected chi connectivity index (χ1v) is 7.64. The minimum Gasteiger partial charge on any atom is -0.475 e. The van der Waals surface area contributed by atoms with E-state index in [9.17, 15) is 28.3 Å². The molecular formula is C6H10Ba3O14P2. The molecule has 0 heterocycles. The van der Waals surface area contributed by atoms with E-state index in [1.165, 1.54) is 0 Å². The molecule has 0 fully saturated rings. The number of rotatable bonds is 8. The van der Waals surface area contributed by atoms with E-state index in [1.54, 1.807) is 0 Å². The van der Waals surface area contributed by atoms with Crippen molar-refractivity contribution >= 4 is 186 Å². The molecule has 0 saturated carbocycles. The molecule has 25 heavy (non-hydrogen) atoms. The van der Waals surface area contributed by atoms with Gasteiger partial charge in [0.15, 0.2) is 0 Å². The van der Waals surface area contributed by atoms with Crippen LogP contribution in [0.15, 0.2) is 0 Å². The zero-order valence-electron chi connectivity index (χ0n) is 12.4. The second-order valence-electron chi connectivity index (χ2n) is 2.98. The quantitative estimate of drug-likeness (QED) is 0.0792. The van der Waals surface area contributed by atoms with Crippen molar-refractivity contribution in [2.24, 2.45) is 0 Å². The average Bonchev–Trinajstić information content (AvgIpc) is 2.31. The summed E-state index contributed by atoms with van der Waals surface area (Å²) < 4.78 is 26.9. The first kappa shape index (κ1) is 38.8. The van der Waals surface area contributed by atoms with Crippen LogP contribution in [0.25, 0.3) is 0 Å². The van der Waals surface area contributed by atoms with Crippen molar-refractivity contribution in [2.45, 2.75) is 0 Å². The number of phosphoric ester groups is 2. The van der Waals surface area contributed by atoms with Gasteiger partial charge >= 0.3 is 27.6 Å². The number of hydrogen-bond donors (Lipinski definition) is 6. The molecule has 6 radical (unpaired) electrons. The standard InChI is InChI=1S/2C3H5O7P.3Ba/c2*4-2(3(5)6)1-10-11(7,8)9;;;/h2*1H2,(H,5,6)(H2,7,8,9);;;. The molecule has 134 valence electrons. The third-order valence-corrected chi connectivity index (χ3v) is 2.14. The molecule has 0 spiro atoms. The van der Waals surface area contributed by atoms with E-state index in [0.29, 0.717) is 0 Å². The Kier molecular flexibility index (Phi) is 29.8. The van der Waals surface area contributed by atoms with Crippen molar-refractivity contribution in [1.82, 2.24) is 0 Å². The maximum atomic E-state index is 10.1. The van der Waals surface area contributed by atoms with E-state index in [4.69, 9.17) is 29.8 Å². The van der Waals surface area contributed by atoms with Gasteiger partial charge in [-0.25, -0.2) is 18.7 Å². The monoisotopic (exact) mass is 782 g/mol. The van der Waals surface area contributed by atoms with Gasteiger partial charge in [0.2, 0.25) is 0 Å². The molecule has 0 atom stereocenters. The third-order valence-electron chi connectivity index (χ3n) is 1.20. The van der Waals surface area contributed by atoms with Crippen LogP contribution in [0.1, 0.15) is 0 Å². The van der Waals surface area contributed by atoms with Crippen LogP contribution >= 0.6 is 15.6 Å². The van der Waals surface area contributed by atoms with Crippen LogP contribution in [-0.4, -0.2) is 213 Å². The molecule has 0 rings (SSSR count). The second-order valence-corrected chi connectivity index (χ2v) is 5.46. The molecule has 0 saturated heterocycles. The van der Waals surface area contributed by atoms with Gasteiger partial charge in [0, 0.05) is 147 Å². The predicted octanol–water partition coefficient (Wildman–Crippen LogP) is -3.64. The van der Waals surface area contributed by atoms with E-state index in [2.05, 4.69) is 9.05 Å². The first-order chi connectivity index (χ1) is 9.65. The number of ketones is 2. The Morgan fingerprint density at radius 1 is 0.640 bits per heavy atom. The van der Waals surface area contributed by atoms with Crippen molar-refractivity contribution in [3.05, 3.63) is 0 Å². The van der Waals surface area contributed by atoms with E-state index in [0.717, 1.165) is 0 Å². The van der Waals surface area contributed by atoms with Gasteiger partial charge in [0.05, 0.1) is 0 Å². The van der Waals surface area contributed by atoms with Crippen LogP contribution in [0.4, 0.5) is 0 Å². The Morgan fingerprint density at radius 3 is 0.960 bits per heavy atom. The van der Waals surface area contributed by atoms with Crippen molar-refractivity contribution in [3.8, 4) is 0 Å². The fourth-order valence-electron chi connectivity index (χ4n) is 0.409. The van der Waals surface area contributed by atoms with Gasteiger partial charge in [-0.3, -0.25) is 18.6 Å². The molecule has 0 unspecified atom stereocenters. The number of carboxylic acid groups (broad SMARTS) is 2. The van der Waals surface area contributed by atoms with Crippen LogP contribution in [0.2, 0.25) is 0 Å². The van der Waals surface area contributed by atoms with E-state index >= 15 is 0 Å². The summed E-state index contributed by atoms with van der Waals surface area (Å²) in [6, 6.07) is 0. The fourth-order valence-corrected chi connectivity index (χ4v) is 0.980. The number of hydrogen-bond acceptors (Lipinski definition) is 8. The van der Waals surface area contributed by atoms with Gasteiger partial charge in [0.1, 0.15) is 13.2 Å². The summed E-state index contributed by atoms with van der Waals surface area (Å²) in [6.07, 6.45) is 0. The van der Waals surface area contributed by atoms with Crippen molar-refractivity contribution in [1.29, 1.82) is 0 Å². The minimum atomic E-state index is -4.74. The first-order valence-electron chi connectivity index (χ1n) is 4.58. The summed E-state index contributed by atoms with van der Waals surface area (Å²) >= 11 is 0. The summed E-state index contributed by atoms with van der Waals surface area (Å²) in [5, 5.41) is 15.8. The molecule has 0 aliphatic heterocycles. The summed E-state index contributed by atoms with van der Waals surface area (Å²) in [6.45, 7) is -2.25. The van der Waals surface area contributed by atoms with Gasteiger partial charge in [0.25, 0.3) is 11.6 Å². The molecule has 14 nitrogen and oxygen atoms in total. The van der Waals surface area contributed by atoms with E-state index in [-0.39, 0.29) is 147 Å². The third kappa shape index (κ3) is 32.1. The smallest absolute Gasteiger partial charge is 0.470 e. The number of aliphatic carboxylic acids is 2. The molecule has 0 aromatic heterocycles. The zero-order valence-corrected chi connectivity index (χ0v) is 27.5. The van der Waals surface area contributed by atoms with Gasteiger partial charge in [-0.15, -0.1) is 0 Å². The van der Waals surface area contributed by atoms with Crippen molar-refractivity contribution in [2.75, 3.05) is 13.2 Å². The predicted molar refractivity (Wildman–Crippen MR) is 78.5 cm³/mol. The number of phosphoric acid groups is 2.